The Morgan fingerprint density at radius 1 is 1.26 bits per heavy atom. The van der Waals surface area contributed by atoms with Gasteiger partial charge < -0.3 is 0 Å². The number of thiophene rings is 1. The minimum atomic E-state index is -1.19. The van der Waals surface area contributed by atoms with Crippen LogP contribution in [0, 0.1) is 0 Å². The summed E-state index contributed by atoms with van der Waals surface area (Å²) in [5.41, 5.74) is -0.000604. The van der Waals surface area contributed by atoms with Crippen molar-refractivity contribution >= 4 is 40.9 Å². The number of hydrazine groups is 1. The van der Waals surface area contributed by atoms with Crippen LogP contribution in [0.3, 0.4) is 0 Å². The van der Waals surface area contributed by atoms with Crippen LogP contribution in [0.4, 0.5) is 5.69 Å². The summed E-state index contributed by atoms with van der Waals surface area (Å²) in [5.74, 6) is -2.41. The molecule has 0 spiro atoms. The van der Waals surface area contributed by atoms with Crippen LogP contribution in [-0.4, -0.2) is 39.4 Å². The van der Waals surface area contributed by atoms with Gasteiger partial charge >= 0.3 is 0 Å². The van der Waals surface area contributed by atoms with Crippen molar-refractivity contribution in [1.29, 1.82) is 0 Å². The SMILES string of the molecule is CC(=O)c1ccc2c(n1)C(C(=O)c1cccs1)C(=O)N2N(C=O)C(C)(C)C. The van der Waals surface area contributed by atoms with Crippen LogP contribution in [0.1, 0.15) is 59.5 Å². The van der Waals surface area contributed by atoms with Crippen LogP contribution >= 0.6 is 11.3 Å². The van der Waals surface area contributed by atoms with Gasteiger partial charge in [0, 0.05) is 6.92 Å². The number of hydrogen-bond donors (Lipinski definition) is 0. The molecule has 3 heterocycles. The lowest BCUT2D eigenvalue weighted by atomic mass is 9.99. The molecule has 0 N–H and O–H groups in total. The van der Waals surface area contributed by atoms with Crippen molar-refractivity contribution in [1.82, 2.24) is 9.99 Å². The molecule has 2 amide bonds. The smallest absolute Gasteiger partial charge is 0.263 e. The van der Waals surface area contributed by atoms with Crippen molar-refractivity contribution in [3.05, 3.63) is 45.9 Å². The van der Waals surface area contributed by atoms with Crippen molar-refractivity contribution in [3.63, 3.8) is 0 Å². The van der Waals surface area contributed by atoms with Crippen LogP contribution in [0.15, 0.2) is 29.6 Å². The number of aromatic nitrogens is 1. The summed E-state index contributed by atoms with van der Waals surface area (Å²) >= 11 is 1.23. The molecule has 2 aromatic heterocycles. The first-order valence-corrected chi connectivity index (χ1v) is 9.23. The minimum Gasteiger partial charge on any atom is -0.293 e. The second-order valence-corrected chi connectivity index (χ2v) is 8.15. The van der Waals surface area contributed by atoms with Gasteiger partial charge in [0.1, 0.15) is 11.6 Å². The van der Waals surface area contributed by atoms with E-state index in [9.17, 15) is 19.2 Å². The average Bonchev–Trinajstić information content (AvgIpc) is 3.21. The molecule has 2 aromatic rings. The van der Waals surface area contributed by atoms with Gasteiger partial charge in [0.25, 0.3) is 5.91 Å². The van der Waals surface area contributed by atoms with E-state index < -0.39 is 23.1 Å². The summed E-state index contributed by atoms with van der Waals surface area (Å²) in [4.78, 5) is 54.4. The van der Waals surface area contributed by atoms with E-state index in [1.807, 2.05) is 0 Å². The summed E-state index contributed by atoms with van der Waals surface area (Å²) in [6.45, 7) is 6.70. The molecule has 1 atom stereocenters. The molecule has 27 heavy (non-hydrogen) atoms. The van der Waals surface area contributed by atoms with Crippen molar-refractivity contribution < 1.29 is 19.2 Å². The Balaban J connectivity index is 2.18. The largest absolute Gasteiger partial charge is 0.293 e. The maximum atomic E-state index is 13.2. The molecule has 0 aliphatic carbocycles. The molecule has 140 valence electrons. The van der Waals surface area contributed by atoms with Crippen molar-refractivity contribution in [2.75, 3.05) is 5.01 Å². The second-order valence-electron chi connectivity index (χ2n) is 7.20. The third-order valence-electron chi connectivity index (χ3n) is 4.25. The fraction of sp³-hybridized carbons (Fsp3) is 0.316. The number of Topliss-reactive ketones (excluding diaryl/α,β-unsaturated/α-hetero) is 2. The average molecular weight is 385 g/mol. The van der Waals surface area contributed by atoms with Crippen LogP contribution in [0.5, 0.6) is 0 Å². The van der Waals surface area contributed by atoms with E-state index in [0.29, 0.717) is 17.0 Å². The number of pyridine rings is 1. The molecular weight excluding hydrogens is 366 g/mol. The van der Waals surface area contributed by atoms with Crippen LogP contribution in [0.25, 0.3) is 0 Å². The zero-order chi connectivity index (χ0) is 19.9. The quantitative estimate of drug-likeness (QED) is 0.449. The molecule has 8 heteroatoms. The zero-order valence-corrected chi connectivity index (χ0v) is 16.2. The molecule has 7 nitrogen and oxygen atoms in total. The molecule has 1 aliphatic heterocycles. The molecule has 0 saturated heterocycles. The number of hydrogen-bond acceptors (Lipinski definition) is 6. The van der Waals surface area contributed by atoms with E-state index in [4.69, 9.17) is 0 Å². The molecule has 0 radical (unpaired) electrons. The van der Waals surface area contributed by atoms with Gasteiger partial charge in [-0.25, -0.2) is 15.0 Å². The van der Waals surface area contributed by atoms with E-state index in [1.165, 1.54) is 34.3 Å². The highest BCUT2D eigenvalue weighted by molar-refractivity contribution is 7.12. The van der Waals surface area contributed by atoms with Crippen LogP contribution < -0.4 is 5.01 Å². The molecule has 0 aromatic carbocycles. The number of carbonyl (C=O) groups is 4. The Bertz CT molecular complexity index is 931. The van der Waals surface area contributed by atoms with Gasteiger partial charge in [0.05, 0.1) is 21.8 Å². The lowest BCUT2D eigenvalue weighted by Gasteiger charge is -2.38. The maximum Gasteiger partial charge on any atom is 0.263 e. The molecular formula is C19H19N3O4S. The van der Waals surface area contributed by atoms with Gasteiger partial charge in [-0.1, -0.05) is 6.07 Å². The Kier molecular flexibility index (Phi) is 4.69. The number of anilines is 1. The molecule has 1 unspecified atom stereocenters. The molecule has 1 aliphatic rings. The molecule has 3 rings (SSSR count). The molecule has 0 fully saturated rings. The number of rotatable bonds is 5. The first-order valence-electron chi connectivity index (χ1n) is 8.35. The van der Waals surface area contributed by atoms with Crippen molar-refractivity contribution in [2.24, 2.45) is 0 Å². The maximum absolute atomic E-state index is 13.2. The number of amides is 2. The third-order valence-corrected chi connectivity index (χ3v) is 5.13. The summed E-state index contributed by atoms with van der Waals surface area (Å²) in [6, 6.07) is 6.41. The Hall–Kier alpha value is -2.87. The predicted molar refractivity (Wildman–Crippen MR) is 101 cm³/mol. The number of carbonyl (C=O) groups excluding carboxylic acids is 4. The fourth-order valence-corrected chi connectivity index (χ4v) is 3.63. The minimum absolute atomic E-state index is 0.167. The summed E-state index contributed by atoms with van der Waals surface area (Å²) in [5, 5.41) is 4.18. The lowest BCUT2D eigenvalue weighted by molar-refractivity contribution is -0.132. The van der Waals surface area contributed by atoms with Crippen LogP contribution in [-0.2, 0) is 9.59 Å². The summed E-state index contributed by atoms with van der Waals surface area (Å²) < 4.78 is 0. The number of nitrogens with zero attached hydrogens (tertiary/aromatic N) is 3. The monoisotopic (exact) mass is 385 g/mol. The number of ketones is 2. The Morgan fingerprint density at radius 3 is 2.48 bits per heavy atom. The van der Waals surface area contributed by atoms with E-state index in [2.05, 4.69) is 4.98 Å². The predicted octanol–water partition coefficient (Wildman–Crippen LogP) is 2.83. The van der Waals surface area contributed by atoms with Crippen molar-refractivity contribution in [2.45, 2.75) is 39.2 Å². The number of fused-ring (bicyclic) bond motifs is 1. The highest BCUT2D eigenvalue weighted by Gasteiger charge is 2.48. The zero-order valence-electron chi connectivity index (χ0n) is 15.4. The highest BCUT2D eigenvalue weighted by Crippen LogP contribution is 2.40. The van der Waals surface area contributed by atoms with Gasteiger partial charge in [0.2, 0.25) is 6.41 Å². The van der Waals surface area contributed by atoms with E-state index in [-0.39, 0.29) is 17.2 Å². The Morgan fingerprint density at radius 2 is 1.96 bits per heavy atom. The van der Waals surface area contributed by atoms with Gasteiger partial charge in [-0.3, -0.25) is 19.2 Å². The van der Waals surface area contributed by atoms with E-state index >= 15 is 0 Å². The summed E-state index contributed by atoms with van der Waals surface area (Å²) in [6.07, 6.45) is 0.554. The normalized spacial score (nSPS) is 16.2. The highest BCUT2D eigenvalue weighted by atomic mass is 32.1. The first-order chi connectivity index (χ1) is 12.7. The van der Waals surface area contributed by atoms with Gasteiger partial charge in [-0.05, 0) is 44.4 Å². The van der Waals surface area contributed by atoms with Gasteiger partial charge in [-0.15, -0.1) is 11.3 Å². The van der Waals surface area contributed by atoms with Gasteiger partial charge in [-0.2, -0.15) is 0 Å². The van der Waals surface area contributed by atoms with Gasteiger partial charge in [0.15, 0.2) is 11.6 Å². The van der Waals surface area contributed by atoms with E-state index in [1.54, 1.807) is 44.4 Å². The van der Waals surface area contributed by atoms with Crippen LogP contribution in [0.2, 0.25) is 0 Å². The first kappa shape index (κ1) is 18.9. The topological polar surface area (TPSA) is 87.6 Å². The Labute approximate surface area is 160 Å². The van der Waals surface area contributed by atoms with E-state index in [0.717, 1.165) is 0 Å². The second kappa shape index (κ2) is 6.70. The molecule has 0 bridgehead atoms. The summed E-state index contributed by atoms with van der Waals surface area (Å²) in [7, 11) is 0. The standard InChI is InChI=1S/C19H19N3O4S/c1-11(24)12-7-8-13-16(20-12)15(17(25)14-6-5-9-27-14)18(26)22(13)21(10-23)19(2,3)4/h5-10,15H,1-4H3. The third kappa shape index (κ3) is 3.16. The fourth-order valence-electron chi connectivity index (χ4n) is 2.94. The molecule has 0 saturated carbocycles. The van der Waals surface area contributed by atoms with Crippen molar-refractivity contribution in [3.8, 4) is 0 Å². The lowest BCUT2D eigenvalue weighted by Crippen LogP contribution is -2.54.